The highest BCUT2D eigenvalue weighted by Crippen LogP contribution is 2.46. The molecule has 1 heterocycles. The van der Waals surface area contributed by atoms with Crippen molar-refractivity contribution in [3.8, 4) is 0 Å². The van der Waals surface area contributed by atoms with Gasteiger partial charge in [0.2, 0.25) is 0 Å². The summed E-state index contributed by atoms with van der Waals surface area (Å²) in [6.07, 6.45) is 5.47. The summed E-state index contributed by atoms with van der Waals surface area (Å²) < 4.78 is 0. The van der Waals surface area contributed by atoms with Crippen LogP contribution in [0.15, 0.2) is 30.3 Å². The summed E-state index contributed by atoms with van der Waals surface area (Å²) in [5.74, 6) is 1.61. The number of benzene rings is 1. The minimum atomic E-state index is 0.565. The van der Waals surface area contributed by atoms with E-state index in [1.54, 1.807) is 0 Å². The lowest BCUT2D eigenvalue weighted by Gasteiger charge is -2.18. The second kappa shape index (κ2) is 6.31. The molecule has 0 bridgehead atoms. The third kappa shape index (κ3) is 3.53. The van der Waals surface area contributed by atoms with Gasteiger partial charge in [-0.3, -0.25) is 0 Å². The van der Waals surface area contributed by atoms with Gasteiger partial charge in [0.25, 0.3) is 0 Å². The summed E-state index contributed by atoms with van der Waals surface area (Å²) in [6.45, 7) is 6.03. The van der Waals surface area contributed by atoms with Crippen molar-refractivity contribution in [1.82, 2.24) is 16.0 Å². The van der Waals surface area contributed by atoms with Crippen LogP contribution in [0.3, 0.4) is 0 Å². The molecule has 3 atom stereocenters. The van der Waals surface area contributed by atoms with E-state index in [4.69, 9.17) is 0 Å². The molecule has 2 unspecified atom stereocenters. The van der Waals surface area contributed by atoms with Crippen LogP contribution in [0.25, 0.3) is 0 Å². The summed E-state index contributed by atoms with van der Waals surface area (Å²) in [6, 6.07) is 11.7. The minimum Gasteiger partial charge on any atom is -0.316 e. The quantitative estimate of drug-likeness (QED) is 0.688. The Kier molecular flexibility index (Phi) is 4.21. The van der Waals surface area contributed by atoms with Crippen molar-refractivity contribution < 1.29 is 0 Å². The van der Waals surface area contributed by atoms with Gasteiger partial charge in [0.1, 0.15) is 0 Å². The molecule has 3 fully saturated rings. The lowest BCUT2D eigenvalue weighted by molar-refractivity contribution is 0.399. The Labute approximate surface area is 134 Å². The highest BCUT2D eigenvalue weighted by atomic mass is 15.0. The average Bonchev–Trinajstić information content (AvgIpc) is 3.45. The zero-order valence-electron chi connectivity index (χ0n) is 13.5. The van der Waals surface area contributed by atoms with Crippen LogP contribution in [0.4, 0.5) is 0 Å². The zero-order chi connectivity index (χ0) is 14.8. The predicted octanol–water partition coefficient (Wildman–Crippen LogP) is 2.11. The molecule has 3 heteroatoms. The van der Waals surface area contributed by atoms with Crippen molar-refractivity contribution in [1.29, 1.82) is 0 Å². The van der Waals surface area contributed by atoms with E-state index in [9.17, 15) is 0 Å². The van der Waals surface area contributed by atoms with E-state index in [0.717, 1.165) is 17.9 Å². The molecule has 22 heavy (non-hydrogen) atoms. The standard InChI is InChI=1S/C19H29N3/c1-2-4-16(5-3-1)17-10-18(17)22-14-19(7-8-19)13-21-12-15-6-9-20-11-15/h1-5,15,17-18,20-22H,6-14H2/t15?,17?,18-/m0/s1. The third-order valence-corrected chi connectivity index (χ3v) is 5.81. The average molecular weight is 299 g/mol. The number of nitrogens with one attached hydrogen (secondary N) is 3. The molecule has 1 aliphatic heterocycles. The molecule has 0 aromatic heterocycles. The molecule has 2 aliphatic carbocycles. The van der Waals surface area contributed by atoms with Gasteiger partial charge in [-0.1, -0.05) is 30.3 Å². The highest BCUT2D eigenvalue weighted by Gasteiger charge is 2.45. The van der Waals surface area contributed by atoms with E-state index >= 15 is 0 Å². The monoisotopic (exact) mass is 299 g/mol. The van der Waals surface area contributed by atoms with E-state index in [-0.39, 0.29) is 0 Å². The van der Waals surface area contributed by atoms with Gasteiger partial charge >= 0.3 is 0 Å². The van der Waals surface area contributed by atoms with Gasteiger partial charge < -0.3 is 16.0 Å². The lowest BCUT2D eigenvalue weighted by atomic mass is 10.1. The van der Waals surface area contributed by atoms with Crippen molar-refractivity contribution >= 4 is 0 Å². The van der Waals surface area contributed by atoms with E-state index < -0.39 is 0 Å². The summed E-state index contributed by atoms with van der Waals surface area (Å²) >= 11 is 0. The maximum atomic E-state index is 3.83. The molecule has 0 radical (unpaired) electrons. The summed E-state index contributed by atoms with van der Waals surface area (Å²) in [7, 11) is 0. The highest BCUT2D eigenvalue weighted by molar-refractivity contribution is 5.27. The van der Waals surface area contributed by atoms with Gasteiger partial charge in [-0.25, -0.2) is 0 Å². The Morgan fingerprint density at radius 3 is 2.73 bits per heavy atom. The normalized spacial score (nSPS) is 32.1. The van der Waals surface area contributed by atoms with Crippen LogP contribution >= 0.6 is 0 Å². The summed E-state index contributed by atoms with van der Waals surface area (Å²) in [5, 5.41) is 11.0. The molecule has 3 aliphatic rings. The second-order valence-corrected chi connectivity index (χ2v) is 7.73. The van der Waals surface area contributed by atoms with Crippen LogP contribution in [-0.4, -0.2) is 38.8 Å². The molecule has 3 N–H and O–H groups in total. The predicted molar refractivity (Wildman–Crippen MR) is 91.1 cm³/mol. The van der Waals surface area contributed by atoms with E-state index in [0.29, 0.717) is 5.41 Å². The zero-order valence-corrected chi connectivity index (χ0v) is 13.5. The maximum absolute atomic E-state index is 3.83. The van der Waals surface area contributed by atoms with Crippen LogP contribution in [0.2, 0.25) is 0 Å². The first-order valence-corrected chi connectivity index (χ1v) is 9.04. The molecule has 1 saturated heterocycles. The van der Waals surface area contributed by atoms with Gasteiger partial charge in [0.15, 0.2) is 0 Å². The first-order chi connectivity index (χ1) is 10.8. The van der Waals surface area contributed by atoms with Crippen LogP contribution < -0.4 is 16.0 Å². The Hall–Kier alpha value is -0.900. The van der Waals surface area contributed by atoms with Gasteiger partial charge in [0, 0.05) is 25.0 Å². The third-order valence-electron chi connectivity index (χ3n) is 5.81. The maximum Gasteiger partial charge on any atom is 0.0143 e. The van der Waals surface area contributed by atoms with Gasteiger partial charge in [-0.2, -0.15) is 0 Å². The molecule has 0 spiro atoms. The smallest absolute Gasteiger partial charge is 0.0143 e. The fraction of sp³-hybridized carbons (Fsp3) is 0.684. The SMILES string of the molecule is c1ccc(C2C[C@@H]2NCC2(CNCC3CCNC3)CC2)cc1. The Bertz CT molecular complexity index is 477. The largest absolute Gasteiger partial charge is 0.316 e. The Morgan fingerprint density at radius 1 is 1.14 bits per heavy atom. The first kappa shape index (κ1) is 14.7. The lowest BCUT2D eigenvalue weighted by Crippen LogP contribution is -2.36. The van der Waals surface area contributed by atoms with Gasteiger partial charge in [-0.15, -0.1) is 0 Å². The Balaban J connectivity index is 1.16. The van der Waals surface area contributed by atoms with Crippen LogP contribution in [0.1, 0.15) is 37.2 Å². The van der Waals surface area contributed by atoms with Crippen molar-refractivity contribution in [3.63, 3.8) is 0 Å². The fourth-order valence-corrected chi connectivity index (χ4v) is 3.86. The van der Waals surface area contributed by atoms with E-state index in [2.05, 4.69) is 46.3 Å². The number of rotatable bonds is 8. The van der Waals surface area contributed by atoms with Crippen molar-refractivity contribution in [2.24, 2.45) is 11.3 Å². The molecular formula is C19H29N3. The molecule has 0 amide bonds. The Morgan fingerprint density at radius 2 is 2.00 bits per heavy atom. The second-order valence-electron chi connectivity index (χ2n) is 7.73. The van der Waals surface area contributed by atoms with E-state index in [1.165, 1.54) is 64.0 Å². The van der Waals surface area contributed by atoms with Crippen LogP contribution in [0, 0.1) is 11.3 Å². The molecule has 4 rings (SSSR count). The molecule has 1 aromatic carbocycles. The minimum absolute atomic E-state index is 0.565. The number of hydrogen-bond acceptors (Lipinski definition) is 3. The molecule has 2 saturated carbocycles. The summed E-state index contributed by atoms with van der Waals surface area (Å²) in [4.78, 5) is 0. The molecule has 3 nitrogen and oxygen atoms in total. The molecule has 1 aromatic rings. The van der Waals surface area contributed by atoms with Crippen molar-refractivity contribution in [2.75, 3.05) is 32.7 Å². The first-order valence-electron chi connectivity index (χ1n) is 9.04. The van der Waals surface area contributed by atoms with Gasteiger partial charge in [0.05, 0.1) is 0 Å². The topological polar surface area (TPSA) is 36.1 Å². The van der Waals surface area contributed by atoms with Crippen LogP contribution in [0.5, 0.6) is 0 Å². The van der Waals surface area contributed by atoms with E-state index in [1.807, 2.05) is 0 Å². The number of hydrogen-bond donors (Lipinski definition) is 3. The summed E-state index contributed by atoms with van der Waals surface area (Å²) in [5.41, 5.74) is 2.08. The molecule has 120 valence electrons. The van der Waals surface area contributed by atoms with Crippen molar-refractivity contribution in [3.05, 3.63) is 35.9 Å². The molecular weight excluding hydrogens is 270 g/mol. The fourth-order valence-electron chi connectivity index (χ4n) is 3.86. The van der Waals surface area contributed by atoms with Crippen LogP contribution in [-0.2, 0) is 0 Å². The van der Waals surface area contributed by atoms with Crippen molar-refractivity contribution in [2.45, 2.75) is 37.6 Å². The van der Waals surface area contributed by atoms with Gasteiger partial charge in [-0.05, 0) is 62.2 Å².